The minimum atomic E-state index is 0.231. The molecule has 6 nitrogen and oxygen atoms in total. The van der Waals surface area contributed by atoms with Gasteiger partial charge in [0.05, 0.1) is 0 Å². The van der Waals surface area contributed by atoms with Crippen molar-refractivity contribution >= 4 is 0 Å². The molecule has 0 N–H and O–H groups in total. The van der Waals surface area contributed by atoms with Gasteiger partial charge < -0.3 is 9.26 Å². The Hall–Kier alpha value is -0.980. The molecule has 0 aliphatic carbocycles. The zero-order valence-corrected chi connectivity index (χ0v) is 13.1. The molecule has 0 amide bonds. The highest BCUT2D eigenvalue weighted by molar-refractivity contribution is 4.95. The van der Waals surface area contributed by atoms with Crippen molar-refractivity contribution in [3.63, 3.8) is 0 Å². The first-order chi connectivity index (χ1) is 10.2. The van der Waals surface area contributed by atoms with E-state index in [9.17, 15) is 0 Å². The number of ether oxygens (including phenoxy) is 1. The summed E-state index contributed by atoms with van der Waals surface area (Å²) in [5, 5.41) is 3.93. The lowest BCUT2D eigenvalue weighted by Crippen LogP contribution is -2.47. The van der Waals surface area contributed by atoms with Crippen LogP contribution in [-0.4, -0.2) is 66.4 Å². The molecule has 2 saturated heterocycles. The smallest absolute Gasteiger partial charge is 0.245 e. The minimum Gasteiger partial charge on any atom is -0.381 e. The minimum absolute atomic E-state index is 0.231. The van der Waals surface area contributed by atoms with Crippen molar-refractivity contribution in [1.82, 2.24) is 19.9 Å². The Labute approximate surface area is 126 Å². The Morgan fingerprint density at radius 3 is 2.76 bits per heavy atom. The molecule has 0 spiro atoms. The summed E-state index contributed by atoms with van der Waals surface area (Å²) in [4.78, 5) is 9.27. The fraction of sp³-hybridized carbons (Fsp3) is 0.867. The van der Waals surface area contributed by atoms with Gasteiger partial charge >= 0.3 is 0 Å². The highest BCUT2D eigenvalue weighted by Gasteiger charge is 2.30. The van der Waals surface area contributed by atoms with E-state index in [4.69, 9.17) is 9.26 Å². The number of piperazine rings is 1. The molecule has 1 unspecified atom stereocenters. The lowest BCUT2D eigenvalue weighted by atomic mass is 9.96. The predicted molar refractivity (Wildman–Crippen MR) is 79.0 cm³/mol. The summed E-state index contributed by atoms with van der Waals surface area (Å²) in [6.07, 6.45) is 3.72. The molecule has 0 aromatic carbocycles. The van der Waals surface area contributed by atoms with E-state index in [2.05, 4.69) is 27.0 Å². The van der Waals surface area contributed by atoms with Crippen molar-refractivity contribution in [1.29, 1.82) is 0 Å². The third-order valence-electron chi connectivity index (χ3n) is 4.75. The molecular weight excluding hydrogens is 268 g/mol. The predicted octanol–water partition coefficient (Wildman–Crippen LogP) is 1.48. The van der Waals surface area contributed by atoms with Gasteiger partial charge in [0, 0.05) is 32.8 Å². The molecular formula is C15H26N4O2. The summed E-state index contributed by atoms with van der Waals surface area (Å²) in [7, 11) is 2.14. The summed E-state index contributed by atoms with van der Waals surface area (Å²) < 4.78 is 10.8. The summed E-state index contributed by atoms with van der Waals surface area (Å²) in [5.74, 6) is 2.31. The van der Waals surface area contributed by atoms with E-state index in [1.807, 2.05) is 6.92 Å². The van der Waals surface area contributed by atoms with Crippen LogP contribution in [0, 0.1) is 12.8 Å². The van der Waals surface area contributed by atoms with E-state index in [0.29, 0.717) is 0 Å². The van der Waals surface area contributed by atoms with Crippen molar-refractivity contribution in [2.45, 2.75) is 32.2 Å². The molecule has 1 aromatic heterocycles. The molecule has 118 valence electrons. The zero-order chi connectivity index (χ0) is 14.7. The molecule has 3 rings (SSSR count). The molecule has 2 fully saturated rings. The van der Waals surface area contributed by atoms with Crippen molar-refractivity contribution in [3.8, 4) is 0 Å². The average molecular weight is 294 g/mol. The van der Waals surface area contributed by atoms with Crippen molar-refractivity contribution in [2.75, 3.05) is 46.4 Å². The Balaban J connectivity index is 1.52. The van der Waals surface area contributed by atoms with E-state index >= 15 is 0 Å². The van der Waals surface area contributed by atoms with Crippen LogP contribution in [0.15, 0.2) is 4.52 Å². The Kier molecular flexibility index (Phi) is 4.87. The number of likely N-dealkylation sites (N-methyl/N-ethyl adjacent to an activating group) is 1. The van der Waals surface area contributed by atoms with Crippen molar-refractivity contribution < 1.29 is 9.26 Å². The lowest BCUT2D eigenvalue weighted by molar-refractivity contribution is 0.0468. The molecule has 21 heavy (non-hydrogen) atoms. The van der Waals surface area contributed by atoms with Crippen LogP contribution in [0.1, 0.15) is 37.0 Å². The molecule has 1 atom stereocenters. The first-order valence-corrected chi connectivity index (χ1v) is 8.03. The Morgan fingerprint density at radius 1 is 1.24 bits per heavy atom. The largest absolute Gasteiger partial charge is 0.381 e. The van der Waals surface area contributed by atoms with Gasteiger partial charge in [-0.15, -0.1) is 0 Å². The number of aryl methyl sites for hydroxylation is 1. The van der Waals surface area contributed by atoms with Crippen molar-refractivity contribution in [3.05, 3.63) is 11.7 Å². The monoisotopic (exact) mass is 294 g/mol. The topological polar surface area (TPSA) is 54.6 Å². The van der Waals surface area contributed by atoms with Crippen LogP contribution >= 0.6 is 0 Å². The van der Waals surface area contributed by atoms with Crippen LogP contribution in [0.3, 0.4) is 0 Å². The number of rotatable bonds is 4. The van der Waals surface area contributed by atoms with E-state index in [1.165, 1.54) is 25.8 Å². The number of hydrogen-bond acceptors (Lipinski definition) is 6. The summed E-state index contributed by atoms with van der Waals surface area (Å²) in [5.41, 5.74) is 0. The van der Waals surface area contributed by atoms with E-state index < -0.39 is 0 Å². The normalized spacial score (nSPS) is 26.3. The second-order valence-electron chi connectivity index (χ2n) is 6.32. The fourth-order valence-electron chi connectivity index (χ4n) is 3.25. The fourth-order valence-corrected chi connectivity index (χ4v) is 3.25. The highest BCUT2D eigenvalue weighted by atomic mass is 16.5. The quantitative estimate of drug-likeness (QED) is 0.838. The Morgan fingerprint density at radius 2 is 2.05 bits per heavy atom. The van der Waals surface area contributed by atoms with Gasteiger partial charge in [0.25, 0.3) is 0 Å². The first-order valence-electron chi connectivity index (χ1n) is 8.03. The van der Waals surface area contributed by atoms with E-state index in [1.54, 1.807) is 0 Å². The highest BCUT2D eigenvalue weighted by Crippen LogP contribution is 2.24. The molecule has 2 aliphatic heterocycles. The second-order valence-corrected chi connectivity index (χ2v) is 6.32. The standard InChI is InChI=1S/C15H26N4O2/c1-12-16-15(21-17-12)14-11-19(8-7-18(14)2)6-3-13-4-9-20-10-5-13/h13-14H,3-11H2,1-2H3. The molecule has 0 radical (unpaired) electrons. The van der Waals surface area contributed by atoms with Crippen LogP contribution in [0.5, 0.6) is 0 Å². The van der Waals surface area contributed by atoms with E-state index in [-0.39, 0.29) is 6.04 Å². The van der Waals surface area contributed by atoms with Crippen molar-refractivity contribution in [2.24, 2.45) is 5.92 Å². The maximum atomic E-state index is 5.43. The molecule has 6 heteroatoms. The SMILES string of the molecule is Cc1noc(C2CN(CCC3CCOCC3)CCN2C)n1. The van der Waals surface area contributed by atoms with Gasteiger partial charge in [0.15, 0.2) is 5.82 Å². The van der Waals surface area contributed by atoms with Crippen LogP contribution < -0.4 is 0 Å². The van der Waals surface area contributed by atoms with Gasteiger partial charge in [-0.05, 0) is 45.7 Å². The third kappa shape index (κ3) is 3.81. The molecule has 3 heterocycles. The second kappa shape index (κ2) is 6.85. The summed E-state index contributed by atoms with van der Waals surface area (Å²) in [6.45, 7) is 8.10. The zero-order valence-electron chi connectivity index (χ0n) is 13.1. The molecule has 2 aliphatic rings. The van der Waals surface area contributed by atoms with Crippen LogP contribution in [-0.2, 0) is 4.74 Å². The maximum Gasteiger partial charge on any atom is 0.245 e. The average Bonchev–Trinajstić information content (AvgIpc) is 2.94. The van der Waals surface area contributed by atoms with Crippen LogP contribution in [0.2, 0.25) is 0 Å². The molecule has 1 aromatic rings. The Bertz CT molecular complexity index is 445. The molecule has 0 saturated carbocycles. The summed E-state index contributed by atoms with van der Waals surface area (Å²) >= 11 is 0. The molecule has 0 bridgehead atoms. The van der Waals surface area contributed by atoms with Crippen LogP contribution in [0.25, 0.3) is 0 Å². The number of nitrogens with zero attached hydrogens (tertiary/aromatic N) is 4. The van der Waals surface area contributed by atoms with Gasteiger partial charge in [-0.3, -0.25) is 9.80 Å². The van der Waals surface area contributed by atoms with Gasteiger partial charge in [-0.25, -0.2) is 0 Å². The van der Waals surface area contributed by atoms with E-state index in [0.717, 1.165) is 50.5 Å². The third-order valence-corrected chi connectivity index (χ3v) is 4.75. The maximum absolute atomic E-state index is 5.43. The van der Waals surface area contributed by atoms with Crippen LogP contribution in [0.4, 0.5) is 0 Å². The summed E-state index contributed by atoms with van der Waals surface area (Å²) in [6, 6.07) is 0.231. The number of hydrogen-bond donors (Lipinski definition) is 0. The lowest BCUT2D eigenvalue weighted by Gasteiger charge is -2.38. The van der Waals surface area contributed by atoms with Gasteiger partial charge in [0.1, 0.15) is 6.04 Å². The van der Waals surface area contributed by atoms with Gasteiger partial charge in [0.2, 0.25) is 5.89 Å². The first kappa shape index (κ1) is 14.9. The number of aromatic nitrogens is 2. The van der Waals surface area contributed by atoms with Gasteiger partial charge in [-0.1, -0.05) is 5.16 Å². The van der Waals surface area contributed by atoms with Gasteiger partial charge in [-0.2, -0.15) is 4.98 Å².